The Morgan fingerprint density at radius 1 is 1.08 bits per heavy atom. The number of aryl methyl sites for hydroxylation is 3. The predicted octanol–water partition coefficient (Wildman–Crippen LogP) is 2.92. The second kappa shape index (κ2) is 6.59. The molecule has 3 aromatic rings. The van der Waals surface area contributed by atoms with Crippen molar-refractivity contribution in [3.63, 3.8) is 0 Å². The van der Waals surface area contributed by atoms with Crippen LogP contribution >= 0.6 is 0 Å². The van der Waals surface area contributed by atoms with Crippen LogP contribution in [0.4, 0.5) is 0 Å². The van der Waals surface area contributed by atoms with Gasteiger partial charge in [-0.05, 0) is 25.3 Å². The Labute approximate surface area is 141 Å². The maximum atomic E-state index is 4.35. The van der Waals surface area contributed by atoms with E-state index in [1.807, 2.05) is 41.1 Å². The topological polar surface area (TPSA) is 77.2 Å². The van der Waals surface area contributed by atoms with Crippen LogP contribution in [0.2, 0.25) is 0 Å². The molecular formula is C17H23N7. The van der Waals surface area contributed by atoms with Crippen LogP contribution in [-0.2, 0) is 13.1 Å². The maximum absolute atomic E-state index is 4.35. The quantitative estimate of drug-likeness (QED) is 0.782. The average Bonchev–Trinajstić information content (AvgIpc) is 3.34. The summed E-state index contributed by atoms with van der Waals surface area (Å²) in [5.74, 6) is 0.577. The summed E-state index contributed by atoms with van der Waals surface area (Å²) in [7, 11) is 0. The number of rotatable bonds is 5. The zero-order chi connectivity index (χ0) is 16.4. The molecule has 0 atom stereocenters. The van der Waals surface area contributed by atoms with E-state index in [0.29, 0.717) is 5.92 Å². The van der Waals surface area contributed by atoms with Crippen molar-refractivity contribution in [1.29, 1.82) is 0 Å². The van der Waals surface area contributed by atoms with Crippen molar-refractivity contribution in [3.05, 3.63) is 36.0 Å². The number of aromatic nitrogens is 7. The Morgan fingerprint density at radius 2 is 1.92 bits per heavy atom. The average molecular weight is 325 g/mol. The third kappa shape index (κ3) is 3.11. The highest BCUT2D eigenvalue weighted by atomic mass is 15.4. The summed E-state index contributed by atoms with van der Waals surface area (Å²) in [6.45, 7) is 3.59. The molecule has 4 rings (SSSR count). The number of hydrogen-bond acceptors (Lipinski definition) is 4. The van der Waals surface area contributed by atoms with Crippen LogP contribution in [0.3, 0.4) is 0 Å². The molecule has 0 spiro atoms. The van der Waals surface area contributed by atoms with Gasteiger partial charge in [0.05, 0.1) is 31.7 Å². The molecule has 7 heteroatoms. The van der Waals surface area contributed by atoms with Gasteiger partial charge in [0, 0.05) is 23.4 Å². The lowest BCUT2D eigenvalue weighted by atomic mass is 9.85. The van der Waals surface area contributed by atoms with Gasteiger partial charge in [-0.15, -0.1) is 5.10 Å². The normalized spacial score (nSPS) is 15.9. The molecular weight excluding hydrogens is 302 g/mol. The molecule has 1 saturated carbocycles. The fraction of sp³-hybridized carbons (Fsp3) is 0.529. The second-order valence-corrected chi connectivity index (χ2v) is 6.68. The van der Waals surface area contributed by atoms with Gasteiger partial charge in [-0.25, -0.2) is 0 Å². The first kappa shape index (κ1) is 15.1. The van der Waals surface area contributed by atoms with Crippen molar-refractivity contribution >= 4 is 0 Å². The molecule has 0 unspecified atom stereocenters. The van der Waals surface area contributed by atoms with Crippen LogP contribution in [-0.4, -0.2) is 35.0 Å². The summed E-state index contributed by atoms with van der Waals surface area (Å²) in [5, 5.41) is 20.4. The predicted molar refractivity (Wildman–Crippen MR) is 90.4 cm³/mol. The van der Waals surface area contributed by atoms with Gasteiger partial charge in [0.15, 0.2) is 0 Å². The largest absolute Gasteiger partial charge is 0.282 e. The Kier molecular flexibility index (Phi) is 4.15. The van der Waals surface area contributed by atoms with Gasteiger partial charge in [0.1, 0.15) is 5.69 Å². The van der Waals surface area contributed by atoms with Gasteiger partial charge in [0.2, 0.25) is 0 Å². The minimum atomic E-state index is 0.577. The smallest absolute Gasteiger partial charge is 0.116 e. The van der Waals surface area contributed by atoms with Gasteiger partial charge >= 0.3 is 0 Å². The molecule has 24 heavy (non-hydrogen) atoms. The molecule has 0 aromatic carbocycles. The highest BCUT2D eigenvalue weighted by Crippen LogP contribution is 2.36. The molecule has 0 amide bonds. The van der Waals surface area contributed by atoms with Crippen molar-refractivity contribution < 1.29 is 0 Å². The molecule has 3 aromatic heterocycles. The number of aromatic amines is 1. The summed E-state index contributed by atoms with van der Waals surface area (Å²) in [4.78, 5) is 0. The van der Waals surface area contributed by atoms with Gasteiger partial charge in [0.25, 0.3) is 0 Å². The third-order valence-corrected chi connectivity index (χ3v) is 4.82. The fourth-order valence-corrected chi connectivity index (χ4v) is 3.53. The summed E-state index contributed by atoms with van der Waals surface area (Å²) < 4.78 is 3.81. The molecule has 0 radical (unpaired) electrons. The van der Waals surface area contributed by atoms with Crippen LogP contribution in [0.25, 0.3) is 11.3 Å². The molecule has 126 valence electrons. The highest BCUT2D eigenvalue weighted by Gasteiger charge is 2.22. The molecule has 0 bridgehead atoms. The van der Waals surface area contributed by atoms with E-state index >= 15 is 0 Å². The van der Waals surface area contributed by atoms with Crippen molar-refractivity contribution in [2.75, 3.05) is 0 Å². The molecule has 1 aliphatic rings. The SMILES string of the molecule is Cc1cnn(CCn2cc(-c3cn[nH]c3C3CCCCC3)nn2)c1. The van der Waals surface area contributed by atoms with Crippen molar-refractivity contribution in [2.45, 2.75) is 58.0 Å². The Bertz CT molecular complexity index is 791. The maximum Gasteiger partial charge on any atom is 0.116 e. The third-order valence-electron chi connectivity index (χ3n) is 4.82. The fourth-order valence-electron chi connectivity index (χ4n) is 3.53. The van der Waals surface area contributed by atoms with E-state index in [9.17, 15) is 0 Å². The van der Waals surface area contributed by atoms with Gasteiger partial charge in [-0.3, -0.25) is 14.5 Å². The number of nitrogens with one attached hydrogen (secondary N) is 1. The zero-order valence-electron chi connectivity index (χ0n) is 14.0. The van der Waals surface area contributed by atoms with E-state index in [-0.39, 0.29) is 0 Å². The summed E-state index contributed by atoms with van der Waals surface area (Å²) in [5.41, 5.74) is 4.40. The lowest BCUT2D eigenvalue weighted by Crippen LogP contribution is -2.08. The number of H-pyrrole nitrogens is 1. The highest BCUT2D eigenvalue weighted by molar-refractivity contribution is 5.60. The van der Waals surface area contributed by atoms with Crippen LogP contribution in [0, 0.1) is 6.92 Å². The summed E-state index contributed by atoms with van der Waals surface area (Å²) >= 11 is 0. The molecule has 1 aliphatic carbocycles. The van der Waals surface area contributed by atoms with Crippen LogP contribution in [0.15, 0.2) is 24.8 Å². The van der Waals surface area contributed by atoms with Crippen LogP contribution in [0.5, 0.6) is 0 Å². The minimum Gasteiger partial charge on any atom is -0.282 e. The zero-order valence-corrected chi connectivity index (χ0v) is 14.0. The second-order valence-electron chi connectivity index (χ2n) is 6.68. The van der Waals surface area contributed by atoms with Crippen molar-refractivity contribution in [2.24, 2.45) is 0 Å². The monoisotopic (exact) mass is 325 g/mol. The van der Waals surface area contributed by atoms with E-state index in [2.05, 4.69) is 25.6 Å². The van der Waals surface area contributed by atoms with Gasteiger partial charge < -0.3 is 0 Å². The molecule has 1 fully saturated rings. The van der Waals surface area contributed by atoms with Crippen LogP contribution < -0.4 is 0 Å². The molecule has 0 saturated heterocycles. The first-order valence-corrected chi connectivity index (χ1v) is 8.72. The Balaban J connectivity index is 1.47. The summed E-state index contributed by atoms with van der Waals surface area (Å²) in [6, 6.07) is 0. The van der Waals surface area contributed by atoms with E-state index in [0.717, 1.165) is 24.3 Å². The van der Waals surface area contributed by atoms with Gasteiger partial charge in [-0.2, -0.15) is 10.2 Å². The first-order valence-electron chi connectivity index (χ1n) is 8.72. The molecule has 0 aliphatic heterocycles. The van der Waals surface area contributed by atoms with E-state index in [1.165, 1.54) is 43.4 Å². The summed E-state index contributed by atoms with van der Waals surface area (Å²) in [6.07, 6.45) is 14.2. The first-order chi connectivity index (χ1) is 11.8. The van der Waals surface area contributed by atoms with E-state index < -0.39 is 0 Å². The van der Waals surface area contributed by atoms with E-state index in [4.69, 9.17) is 0 Å². The molecule has 7 nitrogen and oxygen atoms in total. The minimum absolute atomic E-state index is 0.577. The number of hydrogen-bond donors (Lipinski definition) is 1. The number of nitrogens with zero attached hydrogens (tertiary/aromatic N) is 6. The van der Waals surface area contributed by atoms with Crippen molar-refractivity contribution in [3.8, 4) is 11.3 Å². The Hall–Kier alpha value is -2.44. The van der Waals surface area contributed by atoms with Gasteiger partial charge in [-0.1, -0.05) is 24.5 Å². The van der Waals surface area contributed by atoms with Crippen molar-refractivity contribution in [1.82, 2.24) is 35.0 Å². The standard InChI is InChI=1S/C17H23N7/c1-13-9-19-23(11-13)7-8-24-12-16(20-22-24)15-10-18-21-17(15)14-5-3-2-4-6-14/h9-12,14H,2-8H2,1H3,(H,18,21). The molecule has 3 heterocycles. The van der Waals surface area contributed by atoms with E-state index in [1.54, 1.807) is 0 Å². The Morgan fingerprint density at radius 3 is 2.71 bits per heavy atom. The molecule has 1 N–H and O–H groups in total. The lowest BCUT2D eigenvalue weighted by Gasteiger charge is -2.21. The lowest BCUT2D eigenvalue weighted by molar-refractivity contribution is 0.437. The van der Waals surface area contributed by atoms with Crippen LogP contribution in [0.1, 0.15) is 49.3 Å².